The number of pyridine rings is 1. The quantitative estimate of drug-likeness (QED) is 0.570. The largest absolute Gasteiger partial charge is 0.390 e. The fourth-order valence-corrected chi connectivity index (χ4v) is 3.05. The predicted octanol–water partition coefficient (Wildman–Crippen LogP) is 5.09. The maximum Gasteiger partial charge on any atom is 0.123 e. The summed E-state index contributed by atoms with van der Waals surface area (Å²) in [7, 11) is 0. The number of hydrogen-bond donors (Lipinski definition) is 2. The molecule has 2 rings (SSSR count). The smallest absolute Gasteiger partial charge is 0.123 e. The molecule has 0 bridgehead atoms. The monoisotopic (exact) mass is 370 g/mol. The molecule has 0 spiro atoms. The van der Waals surface area contributed by atoms with Gasteiger partial charge in [-0.2, -0.15) is 0 Å². The Labute approximate surface area is 140 Å². The lowest BCUT2D eigenvalue weighted by atomic mass is 10.0. The van der Waals surface area contributed by atoms with Crippen LogP contribution in [0.4, 0.5) is 5.82 Å². The van der Waals surface area contributed by atoms with Crippen LogP contribution in [0.2, 0.25) is 25.1 Å². The van der Waals surface area contributed by atoms with Crippen molar-refractivity contribution in [1.82, 2.24) is 4.98 Å². The molecule has 0 saturated heterocycles. The molecule has 0 atom stereocenters. The van der Waals surface area contributed by atoms with Crippen LogP contribution < -0.4 is 5.73 Å². The Morgan fingerprint density at radius 2 is 1.40 bits per heavy atom. The number of anilines is 1. The number of benzene rings is 1. The zero-order chi connectivity index (χ0) is 15.0. The van der Waals surface area contributed by atoms with Crippen LogP contribution in [-0.4, -0.2) is 10.1 Å². The minimum atomic E-state index is -0.342. The standard InChI is InChI=1S/C12H7Cl5N2O/c13-8-7(9(14)11(16)12(17)10(8)15)4-1-2-6(18)19-5(4)3-20/h1-2,20H,3H2,(H2,18,19). The average molecular weight is 372 g/mol. The van der Waals surface area contributed by atoms with Crippen molar-refractivity contribution >= 4 is 63.8 Å². The van der Waals surface area contributed by atoms with Gasteiger partial charge in [0.1, 0.15) is 5.82 Å². The molecule has 8 heteroatoms. The van der Waals surface area contributed by atoms with Gasteiger partial charge in [0.25, 0.3) is 0 Å². The van der Waals surface area contributed by atoms with Gasteiger partial charge in [-0.25, -0.2) is 4.98 Å². The summed E-state index contributed by atoms with van der Waals surface area (Å²) in [5.74, 6) is 0.260. The van der Waals surface area contributed by atoms with E-state index in [1.54, 1.807) is 12.1 Å². The second kappa shape index (κ2) is 6.14. The van der Waals surface area contributed by atoms with Crippen LogP contribution in [0.3, 0.4) is 0 Å². The Morgan fingerprint density at radius 1 is 0.900 bits per heavy atom. The fourth-order valence-electron chi connectivity index (χ4n) is 1.71. The van der Waals surface area contributed by atoms with E-state index in [9.17, 15) is 5.11 Å². The Kier molecular flexibility index (Phi) is 4.90. The van der Waals surface area contributed by atoms with Gasteiger partial charge in [0.2, 0.25) is 0 Å². The Bertz CT molecular complexity index is 661. The van der Waals surface area contributed by atoms with E-state index < -0.39 is 0 Å². The van der Waals surface area contributed by atoms with E-state index in [0.29, 0.717) is 16.8 Å². The van der Waals surface area contributed by atoms with E-state index >= 15 is 0 Å². The van der Waals surface area contributed by atoms with Gasteiger partial charge in [0, 0.05) is 11.1 Å². The lowest BCUT2D eigenvalue weighted by Gasteiger charge is -2.15. The third-order valence-corrected chi connectivity index (χ3v) is 4.90. The number of rotatable bonds is 2. The Hall–Kier alpha value is -0.420. The van der Waals surface area contributed by atoms with Crippen LogP contribution >= 0.6 is 58.0 Å². The van der Waals surface area contributed by atoms with E-state index in [2.05, 4.69) is 4.98 Å². The maximum atomic E-state index is 9.38. The molecule has 1 aromatic heterocycles. The van der Waals surface area contributed by atoms with E-state index in [1.165, 1.54) is 0 Å². The minimum Gasteiger partial charge on any atom is -0.390 e. The van der Waals surface area contributed by atoms with Crippen LogP contribution in [0.5, 0.6) is 0 Å². The number of hydrogen-bond acceptors (Lipinski definition) is 3. The summed E-state index contributed by atoms with van der Waals surface area (Å²) in [5.41, 5.74) is 6.72. The lowest BCUT2D eigenvalue weighted by molar-refractivity contribution is 0.277. The van der Waals surface area contributed by atoms with Gasteiger partial charge < -0.3 is 10.8 Å². The van der Waals surface area contributed by atoms with Crippen LogP contribution in [0.15, 0.2) is 12.1 Å². The first-order chi connectivity index (χ1) is 9.38. The van der Waals surface area contributed by atoms with Gasteiger partial charge in [0.05, 0.1) is 37.4 Å². The van der Waals surface area contributed by atoms with Crippen LogP contribution in [-0.2, 0) is 6.61 Å². The SMILES string of the molecule is Nc1ccc(-c2c(Cl)c(Cl)c(Cl)c(Cl)c2Cl)c(CO)n1. The second-order valence-electron chi connectivity index (χ2n) is 3.83. The molecule has 3 N–H and O–H groups in total. The summed E-state index contributed by atoms with van der Waals surface area (Å²) < 4.78 is 0. The molecule has 1 aromatic carbocycles. The van der Waals surface area contributed by atoms with Crippen LogP contribution in [0.25, 0.3) is 11.1 Å². The molecular weight excluding hydrogens is 365 g/mol. The number of nitrogens with zero attached hydrogens (tertiary/aromatic N) is 1. The van der Waals surface area contributed by atoms with Crippen molar-refractivity contribution in [3.8, 4) is 11.1 Å². The van der Waals surface area contributed by atoms with E-state index in [4.69, 9.17) is 63.7 Å². The number of aliphatic hydroxyl groups excluding tert-OH is 1. The van der Waals surface area contributed by atoms with Gasteiger partial charge in [-0.3, -0.25) is 0 Å². The van der Waals surface area contributed by atoms with Gasteiger partial charge in [-0.05, 0) is 12.1 Å². The van der Waals surface area contributed by atoms with Crippen LogP contribution in [0, 0.1) is 0 Å². The number of nitrogens with two attached hydrogens (primary N) is 1. The first-order valence-corrected chi connectivity index (χ1v) is 7.15. The number of nitrogen functional groups attached to an aromatic ring is 1. The normalized spacial score (nSPS) is 10.9. The van der Waals surface area contributed by atoms with Crippen molar-refractivity contribution in [2.24, 2.45) is 0 Å². The highest BCUT2D eigenvalue weighted by Crippen LogP contribution is 2.48. The molecule has 0 aliphatic rings. The van der Waals surface area contributed by atoms with Crippen molar-refractivity contribution in [3.05, 3.63) is 42.9 Å². The van der Waals surface area contributed by atoms with Gasteiger partial charge in [0.15, 0.2) is 0 Å². The lowest BCUT2D eigenvalue weighted by Crippen LogP contribution is -1.99. The molecule has 1 heterocycles. The summed E-state index contributed by atoms with van der Waals surface area (Å²) in [6, 6.07) is 3.18. The van der Waals surface area contributed by atoms with Crippen molar-refractivity contribution in [1.29, 1.82) is 0 Å². The highest BCUT2D eigenvalue weighted by molar-refractivity contribution is 6.56. The Morgan fingerprint density at radius 3 is 1.90 bits per heavy atom. The molecular formula is C12H7Cl5N2O. The topological polar surface area (TPSA) is 59.1 Å². The summed E-state index contributed by atoms with van der Waals surface area (Å²) in [6.07, 6.45) is 0. The van der Waals surface area contributed by atoms with Crippen molar-refractivity contribution in [3.63, 3.8) is 0 Å². The summed E-state index contributed by atoms with van der Waals surface area (Å²) in [6.45, 7) is -0.342. The summed E-state index contributed by atoms with van der Waals surface area (Å²) >= 11 is 30.3. The summed E-state index contributed by atoms with van der Waals surface area (Å²) in [4.78, 5) is 4.02. The number of halogens is 5. The third-order valence-electron chi connectivity index (χ3n) is 2.62. The van der Waals surface area contributed by atoms with E-state index in [0.717, 1.165) is 0 Å². The molecule has 20 heavy (non-hydrogen) atoms. The van der Waals surface area contributed by atoms with E-state index in [-0.39, 0.29) is 37.5 Å². The van der Waals surface area contributed by atoms with Gasteiger partial charge in [-0.15, -0.1) is 0 Å². The first kappa shape index (κ1) is 16.0. The molecule has 0 aliphatic heterocycles. The zero-order valence-electron chi connectivity index (χ0n) is 9.72. The number of aromatic nitrogens is 1. The average Bonchev–Trinajstić information content (AvgIpc) is 2.44. The molecule has 0 saturated carbocycles. The first-order valence-electron chi connectivity index (χ1n) is 5.26. The molecule has 0 aliphatic carbocycles. The fraction of sp³-hybridized carbons (Fsp3) is 0.0833. The zero-order valence-corrected chi connectivity index (χ0v) is 13.5. The molecule has 0 unspecified atom stereocenters. The highest BCUT2D eigenvalue weighted by atomic mass is 35.5. The molecule has 0 amide bonds. The molecule has 0 radical (unpaired) electrons. The predicted molar refractivity (Wildman–Crippen MR) is 85.1 cm³/mol. The van der Waals surface area contributed by atoms with Gasteiger partial charge >= 0.3 is 0 Å². The maximum absolute atomic E-state index is 9.38. The molecule has 106 valence electrons. The molecule has 3 nitrogen and oxygen atoms in total. The summed E-state index contributed by atoms with van der Waals surface area (Å²) in [5, 5.41) is 9.88. The Balaban J connectivity index is 2.83. The third kappa shape index (κ3) is 2.67. The second-order valence-corrected chi connectivity index (χ2v) is 5.72. The van der Waals surface area contributed by atoms with Crippen molar-refractivity contribution in [2.75, 3.05) is 5.73 Å². The van der Waals surface area contributed by atoms with E-state index in [1.807, 2.05) is 0 Å². The molecule has 2 aromatic rings. The van der Waals surface area contributed by atoms with Crippen molar-refractivity contribution in [2.45, 2.75) is 6.61 Å². The molecule has 0 fully saturated rings. The van der Waals surface area contributed by atoms with Crippen LogP contribution in [0.1, 0.15) is 5.69 Å². The number of aliphatic hydroxyl groups is 1. The van der Waals surface area contributed by atoms with Gasteiger partial charge in [-0.1, -0.05) is 58.0 Å². The highest BCUT2D eigenvalue weighted by Gasteiger charge is 2.22. The van der Waals surface area contributed by atoms with Crippen molar-refractivity contribution < 1.29 is 5.11 Å². The minimum absolute atomic E-state index is 0.0704.